The zero-order chi connectivity index (χ0) is 18.8. The van der Waals surface area contributed by atoms with Crippen molar-refractivity contribution in [1.29, 1.82) is 5.26 Å². The van der Waals surface area contributed by atoms with Crippen LogP contribution in [0.5, 0.6) is 0 Å². The minimum atomic E-state index is -0.534. The molecule has 0 saturated carbocycles. The van der Waals surface area contributed by atoms with E-state index in [0.717, 1.165) is 5.56 Å². The third-order valence-electron chi connectivity index (χ3n) is 3.94. The molecule has 2 aromatic carbocycles. The van der Waals surface area contributed by atoms with Crippen LogP contribution in [0.25, 0.3) is 28.6 Å². The fourth-order valence-corrected chi connectivity index (χ4v) is 2.91. The van der Waals surface area contributed by atoms with Crippen LogP contribution in [-0.4, -0.2) is 24.7 Å². The summed E-state index contributed by atoms with van der Waals surface area (Å²) in [4.78, 5) is 24.0. The van der Waals surface area contributed by atoms with E-state index in [0.29, 0.717) is 17.1 Å². The second-order valence-corrected chi connectivity index (χ2v) is 6.03. The number of aromatic amines is 2. The number of nitrogens with one attached hydrogen (secondary N) is 2. The molecule has 2 N–H and O–H groups in total. The Balaban J connectivity index is 1.98. The fraction of sp³-hybridized carbons (Fsp3) is 0. The van der Waals surface area contributed by atoms with Crippen LogP contribution < -0.4 is 5.56 Å². The number of benzene rings is 2. The summed E-state index contributed by atoms with van der Waals surface area (Å²) in [5, 5.41) is 12.3. The molecule has 0 spiro atoms. The molecule has 27 heavy (non-hydrogen) atoms. The van der Waals surface area contributed by atoms with Gasteiger partial charge in [-0.3, -0.25) is 14.9 Å². The molecule has 0 aliphatic carbocycles. The third kappa shape index (κ3) is 3.07. The molecule has 2 heterocycles. The molecule has 0 saturated heterocycles. The van der Waals surface area contributed by atoms with Crippen molar-refractivity contribution >= 4 is 12.2 Å². The van der Waals surface area contributed by atoms with Crippen LogP contribution in [-0.2, 0) is 0 Å². The SMILES string of the molecule is N#Cc1c(-c2ccccc2)nc(-n2[nH]c(=S)nc2-c2ccccc2)[nH]c1=O. The van der Waals surface area contributed by atoms with Crippen LogP contribution in [0.2, 0.25) is 0 Å². The van der Waals surface area contributed by atoms with Crippen LogP contribution in [0, 0.1) is 16.1 Å². The molecule has 4 rings (SSSR count). The zero-order valence-corrected chi connectivity index (χ0v) is 14.7. The maximum absolute atomic E-state index is 12.5. The lowest BCUT2D eigenvalue weighted by atomic mass is 10.1. The Morgan fingerprint density at radius 3 is 2.22 bits per heavy atom. The van der Waals surface area contributed by atoms with Gasteiger partial charge < -0.3 is 0 Å². The molecular formula is C19H12N6OS. The number of hydrogen-bond acceptors (Lipinski definition) is 5. The number of hydrogen-bond donors (Lipinski definition) is 2. The lowest BCUT2D eigenvalue weighted by Gasteiger charge is -2.09. The topological polar surface area (TPSA) is 103 Å². The predicted molar refractivity (Wildman–Crippen MR) is 103 cm³/mol. The van der Waals surface area contributed by atoms with Gasteiger partial charge in [0.1, 0.15) is 11.6 Å². The average Bonchev–Trinajstić information content (AvgIpc) is 3.10. The fourth-order valence-electron chi connectivity index (χ4n) is 2.73. The first-order valence-electron chi connectivity index (χ1n) is 8.02. The molecule has 7 nitrogen and oxygen atoms in total. The molecule has 0 fully saturated rings. The molecule has 2 aromatic heterocycles. The smallest absolute Gasteiger partial charge is 0.270 e. The van der Waals surface area contributed by atoms with E-state index in [-0.39, 0.29) is 16.3 Å². The van der Waals surface area contributed by atoms with Gasteiger partial charge in [0.25, 0.3) is 5.56 Å². The summed E-state index contributed by atoms with van der Waals surface area (Å²) in [6.45, 7) is 0. The minimum Gasteiger partial charge on any atom is -0.290 e. The van der Waals surface area contributed by atoms with Gasteiger partial charge in [0.05, 0.1) is 5.69 Å². The van der Waals surface area contributed by atoms with E-state index >= 15 is 0 Å². The largest absolute Gasteiger partial charge is 0.290 e. The highest BCUT2D eigenvalue weighted by molar-refractivity contribution is 7.71. The van der Waals surface area contributed by atoms with E-state index in [4.69, 9.17) is 12.2 Å². The lowest BCUT2D eigenvalue weighted by Crippen LogP contribution is -2.19. The normalized spacial score (nSPS) is 10.5. The number of nitriles is 1. The van der Waals surface area contributed by atoms with Gasteiger partial charge >= 0.3 is 0 Å². The average molecular weight is 372 g/mol. The molecule has 0 aliphatic rings. The summed E-state index contributed by atoms with van der Waals surface area (Å²) in [5.74, 6) is 0.702. The van der Waals surface area contributed by atoms with Gasteiger partial charge in [-0.25, -0.2) is 9.67 Å². The third-order valence-corrected chi connectivity index (χ3v) is 4.12. The second-order valence-electron chi connectivity index (χ2n) is 5.64. The Bertz CT molecular complexity index is 1270. The van der Waals surface area contributed by atoms with E-state index in [9.17, 15) is 10.1 Å². The molecule has 0 radical (unpaired) electrons. The van der Waals surface area contributed by atoms with Crippen LogP contribution in [0.1, 0.15) is 5.56 Å². The van der Waals surface area contributed by atoms with Gasteiger partial charge in [0.15, 0.2) is 5.82 Å². The summed E-state index contributed by atoms with van der Waals surface area (Å²) >= 11 is 5.17. The standard InChI is InChI=1S/C19H12N6OS/c20-11-14-15(12-7-3-1-4-8-12)21-18(23-17(14)26)25-16(22-19(27)24-25)13-9-5-2-6-10-13/h1-10H,(H,24,27)(H,21,23,26). The van der Waals surface area contributed by atoms with Crippen molar-refractivity contribution in [1.82, 2.24) is 24.7 Å². The van der Waals surface area contributed by atoms with Crippen LogP contribution in [0.3, 0.4) is 0 Å². The Morgan fingerprint density at radius 1 is 0.963 bits per heavy atom. The van der Waals surface area contributed by atoms with Crippen molar-refractivity contribution in [2.45, 2.75) is 0 Å². The highest BCUT2D eigenvalue weighted by Crippen LogP contribution is 2.22. The first kappa shape index (κ1) is 16.6. The molecule has 8 heteroatoms. The van der Waals surface area contributed by atoms with Crippen molar-refractivity contribution < 1.29 is 0 Å². The highest BCUT2D eigenvalue weighted by atomic mass is 32.1. The Kier molecular flexibility index (Phi) is 4.20. The summed E-state index contributed by atoms with van der Waals surface area (Å²) in [6.07, 6.45) is 0. The monoisotopic (exact) mass is 372 g/mol. The number of nitrogens with zero attached hydrogens (tertiary/aromatic N) is 4. The molecule has 0 amide bonds. The van der Waals surface area contributed by atoms with Crippen LogP contribution >= 0.6 is 12.2 Å². The van der Waals surface area contributed by atoms with E-state index in [1.807, 2.05) is 54.6 Å². The Labute approximate surface area is 158 Å². The highest BCUT2D eigenvalue weighted by Gasteiger charge is 2.17. The van der Waals surface area contributed by atoms with Gasteiger partial charge in [0.2, 0.25) is 10.7 Å². The summed E-state index contributed by atoms with van der Waals surface area (Å²) in [5.41, 5.74) is 1.18. The molecule has 4 aromatic rings. The van der Waals surface area contributed by atoms with Crippen molar-refractivity contribution in [3.8, 4) is 34.7 Å². The molecular weight excluding hydrogens is 360 g/mol. The van der Waals surface area contributed by atoms with Crippen LogP contribution in [0.4, 0.5) is 0 Å². The summed E-state index contributed by atoms with van der Waals surface area (Å²) < 4.78 is 1.76. The molecule has 0 unspecified atom stereocenters. The van der Waals surface area contributed by atoms with Crippen molar-refractivity contribution in [3.63, 3.8) is 0 Å². The van der Waals surface area contributed by atoms with Crippen molar-refractivity contribution in [3.05, 3.63) is 81.4 Å². The molecule has 0 bridgehead atoms. The Morgan fingerprint density at radius 2 is 1.59 bits per heavy atom. The van der Waals surface area contributed by atoms with E-state index in [1.54, 1.807) is 12.1 Å². The van der Waals surface area contributed by atoms with Gasteiger partial charge in [0, 0.05) is 11.1 Å². The Hall–Kier alpha value is -3.83. The molecule has 0 aliphatic heterocycles. The van der Waals surface area contributed by atoms with Crippen molar-refractivity contribution in [2.24, 2.45) is 0 Å². The zero-order valence-electron chi connectivity index (χ0n) is 13.9. The minimum absolute atomic E-state index is 0.0510. The van der Waals surface area contributed by atoms with E-state index < -0.39 is 5.56 Å². The van der Waals surface area contributed by atoms with E-state index in [2.05, 4.69) is 20.1 Å². The first-order valence-corrected chi connectivity index (χ1v) is 8.43. The molecule has 130 valence electrons. The maximum atomic E-state index is 12.5. The van der Waals surface area contributed by atoms with Gasteiger partial charge in [-0.2, -0.15) is 10.2 Å². The summed E-state index contributed by atoms with van der Waals surface area (Å²) in [7, 11) is 0. The predicted octanol–water partition coefficient (Wildman–Crippen LogP) is 3.22. The maximum Gasteiger partial charge on any atom is 0.270 e. The van der Waals surface area contributed by atoms with Crippen molar-refractivity contribution in [2.75, 3.05) is 0 Å². The summed E-state index contributed by atoms with van der Waals surface area (Å²) in [6, 6.07) is 20.4. The van der Waals surface area contributed by atoms with Gasteiger partial charge in [-0.1, -0.05) is 60.7 Å². The number of rotatable bonds is 3. The van der Waals surface area contributed by atoms with Gasteiger partial charge in [-0.05, 0) is 12.2 Å². The van der Waals surface area contributed by atoms with Crippen LogP contribution in [0.15, 0.2) is 65.5 Å². The first-order chi connectivity index (χ1) is 13.2. The number of H-pyrrole nitrogens is 2. The quantitative estimate of drug-likeness (QED) is 0.538. The lowest BCUT2D eigenvalue weighted by molar-refractivity contribution is 0.804. The number of aromatic nitrogens is 5. The second kappa shape index (κ2) is 6.82. The van der Waals surface area contributed by atoms with E-state index in [1.165, 1.54) is 4.68 Å². The van der Waals surface area contributed by atoms with Gasteiger partial charge in [-0.15, -0.1) is 0 Å². The molecule has 0 atom stereocenters.